The van der Waals surface area contributed by atoms with E-state index < -0.39 is 22.0 Å². The van der Waals surface area contributed by atoms with Gasteiger partial charge in [0.2, 0.25) is 0 Å². The van der Waals surface area contributed by atoms with Crippen LogP contribution in [-0.4, -0.2) is 35.1 Å². The molecule has 0 saturated heterocycles. The van der Waals surface area contributed by atoms with E-state index >= 15 is 0 Å². The number of non-ortho nitro benzene ring substituents is 1. The van der Waals surface area contributed by atoms with E-state index in [0.717, 1.165) is 26.6 Å². The number of hydrogen-bond acceptors (Lipinski definition) is 8. The van der Waals surface area contributed by atoms with Gasteiger partial charge in [0.05, 0.1) is 16.4 Å². The molecular weight excluding hydrogens is 472 g/mol. The van der Waals surface area contributed by atoms with Crippen LogP contribution < -0.4 is 17.0 Å². The molecule has 2 heterocycles. The van der Waals surface area contributed by atoms with Gasteiger partial charge >= 0.3 is 5.69 Å². The summed E-state index contributed by atoms with van der Waals surface area (Å²) in [5, 5.41) is 11.6. The Hall–Kier alpha value is -4.45. The number of para-hydroxylation sites is 1. The number of rotatable bonds is 7. The number of carbonyl (C=O) groups excluding carboxylic acids is 1. The van der Waals surface area contributed by atoms with Crippen molar-refractivity contribution < 1.29 is 9.72 Å². The fourth-order valence-corrected chi connectivity index (χ4v) is 4.35. The molecule has 12 heteroatoms. The molecule has 0 aliphatic heterocycles. The normalized spacial score (nSPS) is 10.9. The number of benzene rings is 2. The number of aromatic nitrogens is 4. The summed E-state index contributed by atoms with van der Waals surface area (Å²) in [6.45, 7) is 0. The smallest absolute Gasteiger partial charge is 0.332 e. The Morgan fingerprint density at radius 3 is 2.49 bits per heavy atom. The molecule has 0 aliphatic rings. The largest absolute Gasteiger partial charge is 0.384 e. The van der Waals surface area contributed by atoms with Crippen molar-refractivity contribution in [3.05, 3.63) is 97.3 Å². The molecule has 4 rings (SSSR count). The van der Waals surface area contributed by atoms with Crippen LogP contribution in [0.4, 0.5) is 11.5 Å². The van der Waals surface area contributed by atoms with Gasteiger partial charge < -0.3 is 5.73 Å². The Morgan fingerprint density at radius 2 is 1.80 bits per heavy atom. The minimum atomic E-state index is -0.764. The second-order valence-corrected chi connectivity index (χ2v) is 8.54. The van der Waals surface area contributed by atoms with E-state index in [2.05, 4.69) is 4.98 Å². The van der Waals surface area contributed by atoms with Gasteiger partial charge in [-0.15, -0.1) is 0 Å². The lowest BCUT2D eigenvalue weighted by molar-refractivity contribution is -0.384. The third-order valence-corrected chi connectivity index (χ3v) is 6.33. The van der Waals surface area contributed by atoms with Gasteiger partial charge in [-0.1, -0.05) is 42.1 Å². The quantitative estimate of drug-likeness (QED) is 0.179. The maximum absolute atomic E-state index is 13.0. The lowest BCUT2D eigenvalue weighted by Gasteiger charge is -2.11. The fourth-order valence-electron chi connectivity index (χ4n) is 3.48. The first-order chi connectivity index (χ1) is 16.7. The summed E-state index contributed by atoms with van der Waals surface area (Å²) < 4.78 is 3.64. The van der Waals surface area contributed by atoms with Crippen molar-refractivity contribution in [2.24, 2.45) is 14.1 Å². The second-order valence-electron chi connectivity index (χ2n) is 7.60. The Bertz CT molecular complexity index is 1570. The molecule has 0 aliphatic carbocycles. The van der Waals surface area contributed by atoms with Gasteiger partial charge in [0, 0.05) is 43.7 Å². The standard InChI is InChI=1S/C23H20N6O5S/c1-26-20(24)19(21(31)27(2)23(26)32)18(30)13-35-22-25-17(12-28(22)15-8-4-3-5-9-15)14-7-6-10-16(11-14)29(33)34/h3-12H,13,24H2,1-2H3. The number of ketones is 1. The van der Waals surface area contributed by atoms with Gasteiger partial charge in [-0.05, 0) is 12.1 Å². The minimum Gasteiger partial charge on any atom is -0.384 e. The molecule has 11 nitrogen and oxygen atoms in total. The highest BCUT2D eigenvalue weighted by Crippen LogP contribution is 2.29. The molecule has 2 aromatic carbocycles. The molecule has 4 aromatic rings. The molecule has 0 saturated carbocycles. The molecule has 2 N–H and O–H groups in total. The first-order valence-electron chi connectivity index (χ1n) is 10.3. The average Bonchev–Trinajstić information content (AvgIpc) is 3.30. The summed E-state index contributed by atoms with van der Waals surface area (Å²) >= 11 is 1.08. The minimum absolute atomic E-state index is 0.0675. The zero-order chi connectivity index (χ0) is 25.3. The molecule has 178 valence electrons. The van der Waals surface area contributed by atoms with Crippen LogP contribution in [0.1, 0.15) is 10.4 Å². The lowest BCUT2D eigenvalue weighted by atomic mass is 10.1. The van der Waals surface area contributed by atoms with Gasteiger partial charge in [-0.2, -0.15) is 0 Å². The lowest BCUT2D eigenvalue weighted by Crippen LogP contribution is -2.41. The van der Waals surface area contributed by atoms with E-state index in [0.29, 0.717) is 16.4 Å². The summed E-state index contributed by atoms with van der Waals surface area (Å²) in [7, 11) is 2.66. The van der Waals surface area contributed by atoms with Gasteiger partial charge in [-0.25, -0.2) is 9.78 Å². The summed E-state index contributed by atoms with van der Waals surface area (Å²) in [4.78, 5) is 52.9. The highest BCUT2D eigenvalue weighted by atomic mass is 32.2. The van der Waals surface area contributed by atoms with E-state index in [1.54, 1.807) is 22.9 Å². The fraction of sp³-hybridized carbons (Fsp3) is 0.130. The van der Waals surface area contributed by atoms with E-state index in [1.807, 2.05) is 30.3 Å². The number of hydrogen-bond donors (Lipinski definition) is 1. The molecular formula is C23H20N6O5S. The van der Waals surface area contributed by atoms with Crippen LogP contribution in [0.3, 0.4) is 0 Å². The third-order valence-electron chi connectivity index (χ3n) is 5.38. The average molecular weight is 493 g/mol. The second kappa shape index (κ2) is 9.43. The number of nitro benzene ring substituents is 1. The van der Waals surface area contributed by atoms with Crippen LogP contribution in [0.5, 0.6) is 0 Å². The van der Waals surface area contributed by atoms with Crippen LogP contribution in [0.2, 0.25) is 0 Å². The van der Waals surface area contributed by atoms with E-state index in [-0.39, 0.29) is 22.8 Å². The number of carbonyl (C=O) groups is 1. The van der Waals surface area contributed by atoms with Crippen LogP contribution in [-0.2, 0) is 14.1 Å². The van der Waals surface area contributed by atoms with Crippen LogP contribution in [0.25, 0.3) is 16.9 Å². The summed E-state index contributed by atoms with van der Waals surface area (Å²) in [6.07, 6.45) is 1.72. The first kappa shape index (κ1) is 23.7. The monoisotopic (exact) mass is 492 g/mol. The molecule has 0 bridgehead atoms. The van der Waals surface area contributed by atoms with E-state index in [1.165, 1.54) is 26.2 Å². The zero-order valence-electron chi connectivity index (χ0n) is 18.7. The number of imidazole rings is 1. The molecule has 2 aromatic heterocycles. The summed E-state index contributed by atoms with van der Waals surface area (Å²) in [5.41, 5.74) is 5.97. The highest BCUT2D eigenvalue weighted by molar-refractivity contribution is 7.99. The zero-order valence-corrected chi connectivity index (χ0v) is 19.6. The Kier molecular flexibility index (Phi) is 6.38. The van der Waals surface area contributed by atoms with Gasteiger partial charge in [0.15, 0.2) is 10.9 Å². The van der Waals surface area contributed by atoms with Crippen molar-refractivity contribution in [2.75, 3.05) is 11.5 Å². The number of thioether (sulfide) groups is 1. The molecule has 35 heavy (non-hydrogen) atoms. The molecule has 0 fully saturated rings. The van der Waals surface area contributed by atoms with Gasteiger partial charge in [0.25, 0.3) is 11.2 Å². The molecule has 0 atom stereocenters. The summed E-state index contributed by atoms with van der Waals surface area (Å²) in [5.74, 6) is -0.925. The molecule has 0 unspecified atom stereocenters. The number of nitrogen functional groups attached to an aromatic ring is 1. The third kappa shape index (κ3) is 4.51. The van der Waals surface area contributed by atoms with Crippen LogP contribution in [0.15, 0.2) is 75.5 Å². The van der Waals surface area contributed by atoms with Crippen molar-refractivity contribution in [1.29, 1.82) is 0 Å². The topological polar surface area (TPSA) is 148 Å². The molecule has 0 radical (unpaired) electrons. The number of anilines is 1. The van der Waals surface area contributed by atoms with Gasteiger partial charge in [-0.3, -0.25) is 33.4 Å². The number of nitrogens with two attached hydrogens (primary N) is 1. The molecule has 0 spiro atoms. The Balaban J connectivity index is 1.72. The van der Waals surface area contributed by atoms with Crippen molar-refractivity contribution >= 4 is 29.1 Å². The summed E-state index contributed by atoms with van der Waals surface area (Å²) in [6, 6.07) is 15.3. The maximum Gasteiger partial charge on any atom is 0.332 e. The molecule has 0 amide bonds. The van der Waals surface area contributed by atoms with Crippen molar-refractivity contribution in [3.63, 3.8) is 0 Å². The van der Waals surface area contributed by atoms with Crippen LogP contribution >= 0.6 is 11.8 Å². The van der Waals surface area contributed by atoms with Crippen molar-refractivity contribution in [1.82, 2.24) is 18.7 Å². The number of nitrogens with zero attached hydrogens (tertiary/aromatic N) is 5. The van der Waals surface area contributed by atoms with Gasteiger partial charge in [0.1, 0.15) is 11.4 Å². The van der Waals surface area contributed by atoms with E-state index in [4.69, 9.17) is 5.73 Å². The highest BCUT2D eigenvalue weighted by Gasteiger charge is 2.22. The number of Topliss-reactive ketones (excluding diaryl/α,β-unsaturated/α-hetero) is 1. The predicted molar refractivity (Wildman–Crippen MR) is 132 cm³/mol. The Labute approximate surface area is 202 Å². The predicted octanol–water partition coefficient (Wildman–Crippen LogP) is 2.40. The number of nitro groups is 1. The maximum atomic E-state index is 13.0. The first-order valence-corrected chi connectivity index (χ1v) is 11.3. The van der Waals surface area contributed by atoms with Crippen molar-refractivity contribution in [3.8, 4) is 16.9 Å². The Morgan fingerprint density at radius 1 is 1.09 bits per heavy atom. The SMILES string of the molecule is Cn1c(N)c(C(=O)CSc2nc(-c3cccc([N+](=O)[O-])c3)cn2-c2ccccc2)c(=O)n(C)c1=O. The van der Waals surface area contributed by atoms with Crippen LogP contribution in [0, 0.1) is 10.1 Å². The van der Waals surface area contributed by atoms with Crippen molar-refractivity contribution in [2.45, 2.75) is 5.16 Å². The van der Waals surface area contributed by atoms with E-state index in [9.17, 15) is 24.5 Å².